The molecule has 3 heteroatoms. The summed E-state index contributed by atoms with van der Waals surface area (Å²) < 4.78 is 4.63. The molecule has 0 spiro atoms. The van der Waals surface area contributed by atoms with Crippen molar-refractivity contribution in [3.05, 3.63) is 0 Å². The minimum Gasteiger partial charge on any atom is -0.465 e. The Bertz CT molecular complexity index is 197. The van der Waals surface area contributed by atoms with Gasteiger partial charge in [0.15, 0.2) is 0 Å². The van der Waals surface area contributed by atoms with Crippen molar-refractivity contribution in [1.82, 2.24) is 0 Å². The van der Waals surface area contributed by atoms with Crippen molar-refractivity contribution in [1.29, 1.82) is 5.26 Å². The number of terminal acetylenes is 1. The summed E-state index contributed by atoms with van der Waals surface area (Å²) in [6.45, 7) is 0.167. The summed E-state index contributed by atoms with van der Waals surface area (Å²) in [5.41, 5.74) is 0. The van der Waals surface area contributed by atoms with E-state index in [0.29, 0.717) is 6.42 Å². The van der Waals surface area contributed by atoms with Crippen molar-refractivity contribution < 1.29 is 9.53 Å². The number of esters is 1. The smallest absolute Gasteiger partial charge is 0.306 e. The first-order valence-corrected chi connectivity index (χ1v) is 3.27. The van der Waals surface area contributed by atoms with Gasteiger partial charge in [-0.15, -0.1) is 12.3 Å². The first-order chi connectivity index (χ1) is 5.31. The van der Waals surface area contributed by atoms with E-state index in [0.717, 1.165) is 0 Å². The summed E-state index contributed by atoms with van der Waals surface area (Å²) in [5, 5.41) is 8.08. The van der Waals surface area contributed by atoms with E-state index in [2.05, 4.69) is 10.7 Å². The molecule has 0 bridgehead atoms. The van der Waals surface area contributed by atoms with Gasteiger partial charge in [0, 0.05) is 6.42 Å². The molecule has 3 nitrogen and oxygen atoms in total. The van der Waals surface area contributed by atoms with E-state index < -0.39 is 0 Å². The highest BCUT2D eigenvalue weighted by Crippen LogP contribution is 1.91. The maximum absolute atomic E-state index is 10.6. The molecule has 0 unspecified atom stereocenters. The van der Waals surface area contributed by atoms with Gasteiger partial charge in [-0.3, -0.25) is 4.79 Å². The van der Waals surface area contributed by atoms with Gasteiger partial charge >= 0.3 is 5.97 Å². The molecular weight excluding hydrogens is 142 g/mol. The fraction of sp³-hybridized carbons (Fsp3) is 0.500. The third kappa shape index (κ3) is 6.40. The number of rotatable bonds is 4. The lowest BCUT2D eigenvalue weighted by Crippen LogP contribution is -2.04. The fourth-order valence-electron chi connectivity index (χ4n) is 0.457. The van der Waals surface area contributed by atoms with Crippen LogP contribution in [0.5, 0.6) is 0 Å². The maximum Gasteiger partial charge on any atom is 0.306 e. The third-order valence-corrected chi connectivity index (χ3v) is 0.950. The van der Waals surface area contributed by atoms with Gasteiger partial charge in [0.25, 0.3) is 0 Å². The first kappa shape index (κ1) is 9.52. The average molecular weight is 151 g/mol. The molecule has 11 heavy (non-hydrogen) atoms. The number of hydrogen-bond acceptors (Lipinski definition) is 3. The minimum atomic E-state index is -0.335. The van der Waals surface area contributed by atoms with Crippen molar-refractivity contribution in [2.45, 2.75) is 19.3 Å². The Morgan fingerprint density at radius 1 is 1.55 bits per heavy atom. The first-order valence-electron chi connectivity index (χ1n) is 3.27. The van der Waals surface area contributed by atoms with Crippen LogP contribution in [0.15, 0.2) is 0 Å². The second-order valence-electron chi connectivity index (χ2n) is 1.83. The average Bonchev–Trinajstić information content (AvgIpc) is 2.01. The normalized spacial score (nSPS) is 7.82. The lowest BCUT2D eigenvalue weighted by molar-refractivity contribution is -0.143. The molecule has 0 aliphatic carbocycles. The van der Waals surface area contributed by atoms with Crippen molar-refractivity contribution >= 4 is 5.97 Å². The van der Waals surface area contributed by atoms with E-state index in [1.54, 1.807) is 0 Å². The van der Waals surface area contributed by atoms with Crippen LogP contribution < -0.4 is 0 Å². The van der Waals surface area contributed by atoms with Crippen molar-refractivity contribution in [2.75, 3.05) is 6.61 Å². The number of carbonyl (C=O) groups excluding carboxylic acids is 1. The lowest BCUT2D eigenvalue weighted by Gasteiger charge is -1.98. The number of ether oxygens (including phenoxy) is 1. The Morgan fingerprint density at radius 3 is 2.82 bits per heavy atom. The summed E-state index contributed by atoms with van der Waals surface area (Å²) in [6, 6.07) is 1.86. The molecule has 0 aromatic rings. The Balaban J connectivity index is 3.26. The van der Waals surface area contributed by atoms with Crippen LogP contribution in [0.4, 0.5) is 0 Å². The molecule has 0 radical (unpaired) electrons. The Labute approximate surface area is 66.0 Å². The molecule has 0 amide bonds. The summed E-state index contributed by atoms with van der Waals surface area (Å²) in [5.74, 6) is 1.99. The molecule has 0 heterocycles. The maximum atomic E-state index is 10.6. The van der Waals surface area contributed by atoms with E-state index in [1.165, 1.54) is 0 Å². The highest BCUT2D eigenvalue weighted by molar-refractivity contribution is 5.69. The lowest BCUT2D eigenvalue weighted by atomic mass is 10.3. The quantitative estimate of drug-likeness (QED) is 0.340. The van der Waals surface area contributed by atoms with Gasteiger partial charge in [-0.05, 0) is 0 Å². The third-order valence-electron chi connectivity index (χ3n) is 0.950. The Kier molecular flexibility index (Phi) is 5.74. The van der Waals surface area contributed by atoms with Gasteiger partial charge in [-0.25, -0.2) is 0 Å². The van der Waals surface area contributed by atoms with E-state index in [-0.39, 0.29) is 25.4 Å². The van der Waals surface area contributed by atoms with E-state index in [9.17, 15) is 4.79 Å². The van der Waals surface area contributed by atoms with Crippen LogP contribution in [0.3, 0.4) is 0 Å². The monoisotopic (exact) mass is 151 g/mol. The Morgan fingerprint density at radius 2 is 2.27 bits per heavy atom. The molecule has 0 aliphatic rings. The van der Waals surface area contributed by atoms with E-state index in [4.69, 9.17) is 11.7 Å². The minimum absolute atomic E-state index is 0.167. The predicted octanol–water partition coefficient (Wildman–Crippen LogP) is 0.857. The van der Waals surface area contributed by atoms with Crippen LogP contribution >= 0.6 is 0 Å². The van der Waals surface area contributed by atoms with Gasteiger partial charge in [-0.1, -0.05) is 0 Å². The van der Waals surface area contributed by atoms with Crippen LogP contribution in [0.1, 0.15) is 19.3 Å². The van der Waals surface area contributed by atoms with Crippen LogP contribution in [0.2, 0.25) is 0 Å². The van der Waals surface area contributed by atoms with Gasteiger partial charge in [0.1, 0.15) is 6.61 Å². The second-order valence-corrected chi connectivity index (χ2v) is 1.83. The molecule has 0 saturated heterocycles. The van der Waals surface area contributed by atoms with Crippen molar-refractivity contribution in [2.24, 2.45) is 0 Å². The topological polar surface area (TPSA) is 50.1 Å². The highest BCUT2D eigenvalue weighted by Gasteiger charge is 1.99. The molecule has 58 valence electrons. The number of carbonyl (C=O) groups is 1. The fourth-order valence-corrected chi connectivity index (χ4v) is 0.457. The molecule has 0 aromatic heterocycles. The van der Waals surface area contributed by atoms with Crippen LogP contribution in [0.25, 0.3) is 0 Å². The molecule has 0 rings (SSSR count). The van der Waals surface area contributed by atoms with Gasteiger partial charge in [0.05, 0.1) is 18.9 Å². The zero-order chi connectivity index (χ0) is 8.53. The van der Waals surface area contributed by atoms with Crippen LogP contribution in [0, 0.1) is 23.7 Å². The molecular formula is C8H9NO2. The molecule has 0 N–H and O–H groups in total. The zero-order valence-corrected chi connectivity index (χ0v) is 6.17. The molecule has 0 fully saturated rings. The Hall–Kier alpha value is -1.48. The van der Waals surface area contributed by atoms with Gasteiger partial charge in [0.2, 0.25) is 0 Å². The number of hydrogen-bond donors (Lipinski definition) is 0. The van der Waals surface area contributed by atoms with Gasteiger partial charge < -0.3 is 4.74 Å². The van der Waals surface area contributed by atoms with Gasteiger partial charge in [-0.2, -0.15) is 5.26 Å². The SMILES string of the molecule is C#CCCC(=O)OCCC#N. The molecule has 0 atom stereocenters. The standard InChI is InChI=1S/C8H9NO2/c1-2-3-5-8(10)11-7-4-6-9/h1H,3-5,7H2. The second kappa shape index (κ2) is 6.64. The van der Waals surface area contributed by atoms with Crippen molar-refractivity contribution in [3.63, 3.8) is 0 Å². The van der Waals surface area contributed by atoms with E-state index in [1.807, 2.05) is 6.07 Å². The summed E-state index contributed by atoms with van der Waals surface area (Å²) >= 11 is 0. The summed E-state index contributed by atoms with van der Waals surface area (Å²) in [6.07, 6.45) is 5.79. The molecule has 0 aliphatic heterocycles. The summed E-state index contributed by atoms with van der Waals surface area (Å²) in [4.78, 5) is 10.6. The van der Waals surface area contributed by atoms with Crippen molar-refractivity contribution in [3.8, 4) is 18.4 Å². The highest BCUT2D eigenvalue weighted by atomic mass is 16.5. The molecule has 0 saturated carbocycles. The summed E-state index contributed by atoms with van der Waals surface area (Å²) in [7, 11) is 0. The predicted molar refractivity (Wildman–Crippen MR) is 39.3 cm³/mol. The largest absolute Gasteiger partial charge is 0.465 e. The number of nitriles is 1. The van der Waals surface area contributed by atoms with Crippen LogP contribution in [-0.4, -0.2) is 12.6 Å². The van der Waals surface area contributed by atoms with E-state index >= 15 is 0 Å². The number of nitrogens with zero attached hydrogens (tertiary/aromatic N) is 1. The molecule has 0 aromatic carbocycles. The zero-order valence-electron chi connectivity index (χ0n) is 6.17. The van der Waals surface area contributed by atoms with Crippen LogP contribution in [-0.2, 0) is 9.53 Å².